The number of benzene rings is 1. The summed E-state index contributed by atoms with van der Waals surface area (Å²) in [4.78, 5) is 22.0. The molecule has 1 saturated heterocycles. The molecule has 0 aliphatic carbocycles. The highest BCUT2D eigenvalue weighted by Crippen LogP contribution is 2.19. The van der Waals surface area contributed by atoms with E-state index in [1.165, 1.54) is 12.1 Å². The summed E-state index contributed by atoms with van der Waals surface area (Å²) in [5, 5.41) is 3.22. The summed E-state index contributed by atoms with van der Waals surface area (Å²) in [7, 11) is 0. The van der Waals surface area contributed by atoms with Crippen LogP contribution in [-0.2, 0) is 11.3 Å². The van der Waals surface area contributed by atoms with Gasteiger partial charge in [-0.15, -0.1) is 0 Å². The van der Waals surface area contributed by atoms with Gasteiger partial charge in [-0.25, -0.2) is 9.37 Å². The Morgan fingerprint density at radius 3 is 2.78 bits per heavy atom. The minimum atomic E-state index is -0.280. The van der Waals surface area contributed by atoms with Crippen LogP contribution in [0.25, 0.3) is 0 Å². The van der Waals surface area contributed by atoms with Gasteiger partial charge >= 0.3 is 0 Å². The molecule has 1 atom stereocenters. The van der Waals surface area contributed by atoms with Crippen molar-refractivity contribution >= 4 is 17.7 Å². The number of halogens is 1. The van der Waals surface area contributed by atoms with Crippen LogP contribution in [0.3, 0.4) is 0 Å². The molecule has 1 aromatic carbocycles. The summed E-state index contributed by atoms with van der Waals surface area (Å²) in [6.45, 7) is 2.88. The van der Waals surface area contributed by atoms with Crippen molar-refractivity contribution in [3.05, 3.63) is 47.4 Å². The normalized spacial score (nSPS) is 17.6. The van der Waals surface area contributed by atoms with Gasteiger partial charge in [-0.3, -0.25) is 4.79 Å². The fourth-order valence-corrected chi connectivity index (χ4v) is 2.71. The molecule has 6 nitrogen and oxygen atoms in total. The maximum atomic E-state index is 12.9. The smallest absolute Gasteiger partial charge is 0.225 e. The van der Waals surface area contributed by atoms with Gasteiger partial charge in [-0.2, -0.15) is 4.98 Å². The van der Waals surface area contributed by atoms with Gasteiger partial charge < -0.3 is 16.0 Å². The van der Waals surface area contributed by atoms with Crippen molar-refractivity contribution in [2.24, 2.45) is 0 Å². The summed E-state index contributed by atoms with van der Waals surface area (Å²) in [5.74, 6) is 0.611. The lowest BCUT2D eigenvalue weighted by molar-refractivity contribution is -0.128. The Labute approximate surface area is 133 Å². The second kappa shape index (κ2) is 6.20. The lowest BCUT2D eigenvalue weighted by Gasteiger charge is -2.17. The molecule has 23 heavy (non-hydrogen) atoms. The van der Waals surface area contributed by atoms with E-state index in [0.717, 1.165) is 11.3 Å². The molecule has 0 spiro atoms. The summed E-state index contributed by atoms with van der Waals surface area (Å²) < 4.78 is 12.9. The predicted molar refractivity (Wildman–Crippen MR) is 85.0 cm³/mol. The number of nitrogens with two attached hydrogens (primary N) is 1. The molecule has 120 valence electrons. The average molecular weight is 315 g/mol. The zero-order valence-electron chi connectivity index (χ0n) is 12.8. The summed E-state index contributed by atoms with van der Waals surface area (Å²) in [6.07, 6.45) is 0.393. The van der Waals surface area contributed by atoms with Gasteiger partial charge in [0, 0.05) is 31.3 Å². The summed E-state index contributed by atoms with van der Waals surface area (Å²) >= 11 is 0. The second-order valence-corrected chi connectivity index (χ2v) is 5.70. The molecule has 7 heteroatoms. The third-order valence-electron chi connectivity index (χ3n) is 3.72. The molecular weight excluding hydrogens is 297 g/mol. The van der Waals surface area contributed by atoms with Gasteiger partial charge in [0.15, 0.2) is 0 Å². The van der Waals surface area contributed by atoms with Crippen LogP contribution in [0, 0.1) is 12.7 Å². The number of hydrogen-bond donors (Lipinski definition) is 2. The third-order valence-corrected chi connectivity index (χ3v) is 3.72. The predicted octanol–water partition coefficient (Wildman–Crippen LogP) is 1.72. The molecule has 3 N–H and O–H groups in total. The van der Waals surface area contributed by atoms with Crippen molar-refractivity contribution in [3.63, 3.8) is 0 Å². The number of nitrogens with one attached hydrogen (secondary N) is 1. The lowest BCUT2D eigenvalue weighted by atomic mass is 10.2. The van der Waals surface area contributed by atoms with Crippen LogP contribution in [0.1, 0.15) is 17.7 Å². The van der Waals surface area contributed by atoms with Crippen molar-refractivity contribution in [1.29, 1.82) is 0 Å². The molecule has 2 heterocycles. The molecule has 1 aromatic heterocycles. The maximum absolute atomic E-state index is 12.9. The highest BCUT2D eigenvalue weighted by atomic mass is 19.1. The number of hydrogen-bond acceptors (Lipinski definition) is 5. The highest BCUT2D eigenvalue weighted by Gasteiger charge is 2.29. The Morgan fingerprint density at radius 2 is 2.09 bits per heavy atom. The van der Waals surface area contributed by atoms with Crippen LogP contribution in [0.2, 0.25) is 0 Å². The molecule has 3 rings (SSSR count). The first-order valence-corrected chi connectivity index (χ1v) is 7.39. The number of aromatic nitrogens is 2. The molecule has 1 fully saturated rings. The number of likely N-dealkylation sites (tertiary alicyclic amines) is 1. The van der Waals surface area contributed by atoms with E-state index in [-0.39, 0.29) is 23.7 Å². The number of carbonyl (C=O) groups is 1. The van der Waals surface area contributed by atoms with E-state index in [4.69, 9.17) is 5.73 Å². The second-order valence-electron chi connectivity index (χ2n) is 5.70. The first-order chi connectivity index (χ1) is 11.0. The zero-order chi connectivity index (χ0) is 16.4. The Kier molecular flexibility index (Phi) is 4.10. The van der Waals surface area contributed by atoms with Crippen LogP contribution in [0.15, 0.2) is 30.3 Å². The number of rotatable bonds is 4. The quantitative estimate of drug-likeness (QED) is 0.897. The van der Waals surface area contributed by atoms with E-state index >= 15 is 0 Å². The molecule has 0 radical (unpaired) electrons. The number of amides is 1. The Morgan fingerprint density at radius 1 is 1.35 bits per heavy atom. The van der Waals surface area contributed by atoms with Crippen molar-refractivity contribution < 1.29 is 9.18 Å². The van der Waals surface area contributed by atoms with E-state index in [1.807, 2.05) is 6.92 Å². The van der Waals surface area contributed by atoms with E-state index < -0.39 is 0 Å². The van der Waals surface area contributed by atoms with Crippen LogP contribution in [0.5, 0.6) is 0 Å². The molecule has 2 aromatic rings. The van der Waals surface area contributed by atoms with E-state index in [0.29, 0.717) is 25.3 Å². The minimum absolute atomic E-state index is 0.0309. The molecule has 0 bridgehead atoms. The first kappa shape index (κ1) is 15.2. The summed E-state index contributed by atoms with van der Waals surface area (Å²) in [6, 6.07) is 7.95. The van der Waals surface area contributed by atoms with Crippen molar-refractivity contribution in [1.82, 2.24) is 14.9 Å². The highest BCUT2D eigenvalue weighted by molar-refractivity contribution is 5.80. The number of nitrogen functional groups attached to an aromatic ring is 1. The number of aryl methyl sites for hydroxylation is 1. The van der Waals surface area contributed by atoms with Crippen LogP contribution in [0.4, 0.5) is 16.2 Å². The standard InChI is InChI=1S/C16H18FN5O/c1-10-6-14(21-16(18)19-10)20-13-7-15(23)22(9-13)8-11-2-4-12(17)5-3-11/h2-6,13H,7-9H2,1H3,(H3,18,19,20,21). The average Bonchev–Trinajstić information content (AvgIpc) is 2.80. The molecule has 0 saturated carbocycles. The fraction of sp³-hybridized carbons (Fsp3) is 0.312. The van der Waals surface area contributed by atoms with Crippen LogP contribution in [-0.4, -0.2) is 33.4 Å². The van der Waals surface area contributed by atoms with Gasteiger partial charge in [0.25, 0.3) is 0 Å². The molecule has 1 aliphatic rings. The van der Waals surface area contributed by atoms with Gasteiger partial charge in [-0.05, 0) is 24.6 Å². The van der Waals surface area contributed by atoms with E-state index in [1.54, 1.807) is 23.1 Å². The van der Waals surface area contributed by atoms with Gasteiger partial charge in [0.1, 0.15) is 11.6 Å². The maximum Gasteiger partial charge on any atom is 0.225 e. The van der Waals surface area contributed by atoms with Crippen LogP contribution >= 0.6 is 0 Å². The molecule has 1 aliphatic heterocycles. The zero-order valence-corrected chi connectivity index (χ0v) is 12.8. The van der Waals surface area contributed by atoms with Crippen molar-refractivity contribution in [2.75, 3.05) is 17.6 Å². The largest absolute Gasteiger partial charge is 0.368 e. The van der Waals surface area contributed by atoms with Gasteiger partial charge in [-0.1, -0.05) is 12.1 Å². The Hall–Kier alpha value is -2.70. The Bertz CT molecular complexity index is 699. The molecular formula is C16H18FN5O. The third kappa shape index (κ3) is 3.74. The topological polar surface area (TPSA) is 84.1 Å². The van der Waals surface area contributed by atoms with E-state index in [2.05, 4.69) is 15.3 Å². The minimum Gasteiger partial charge on any atom is -0.368 e. The molecule has 1 amide bonds. The fourth-order valence-electron chi connectivity index (χ4n) is 2.71. The Balaban J connectivity index is 1.64. The number of nitrogens with zero attached hydrogens (tertiary/aromatic N) is 3. The number of carbonyl (C=O) groups excluding carboxylic acids is 1. The summed E-state index contributed by atoms with van der Waals surface area (Å²) in [5.41, 5.74) is 7.31. The van der Waals surface area contributed by atoms with Crippen molar-refractivity contribution in [2.45, 2.75) is 25.9 Å². The van der Waals surface area contributed by atoms with Crippen molar-refractivity contribution in [3.8, 4) is 0 Å². The van der Waals surface area contributed by atoms with E-state index in [9.17, 15) is 9.18 Å². The van der Waals surface area contributed by atoms with Gasteiger partial charge in [0.05, 0.1) is 6.04 Å². The lowest BCUT2D eigenvalue weighted by Crippen LogP contribution is -2.27. The number of anilines is 2. The first-order valence-electron chi connectivity index (χ1n) is 7.39. The monoisotopic (exact) mass is 315 g/mol. The van der Waals surface area contributed by atoms with Gasteiger partial charge in [0.2, 0.25) is 11.9 Å². The van der Waals surface area contributed by atoms with Crippen LogP contribution < -0.4 is 11.1 Å². The molecule has 1 unspecified atom stereocenters. The SMILES string of the molecule is Cc1cc(NC2CC(=O)N(Cc3ccc(F)cc3)C2)nc(N)n1.